The number of halogens is 1. The number of amides is 1. The maximum atomic E-state index is 12.0. The molecule has 0 spiro atoms. The molecule has 8 heteroatoms. The predicted molar refractivity (Wildman–Crippen MR) is 126 cm³/mol. The zero-order chi connectivity index (χ0) is 20.2. The molecule has 0 fully saturated rings. The monoisotopic (exact) mass is 514 g/mol. The van der Waals surface area contributed by atoms with Crippen molar-refractivity contribution in [1.82, 2.24) is 15.5 Å². The van der Waals surface area contributed by atoms with Gasteiger partial charge in [-0.25, -0.2) is 0 Å². The Kier molecular flexibility index (Phi) is 11.9. The molecular weight excluding hydrogens is 483 g/mol. The molecule has 0 aliphatic carbocycles. The standard InChI is InChI=1S/C21H30N4O3.HI/c1-4-22-21(25(3)14-16-27-18-9-6-5-7-10-18)24-13-8-12-23-20(26)19-17(2)11-15-28-19;/h5-7,9-11,15H,4,8,12-14,16H2,1-3H3,(H,22,24)(H,23,26);1H. The first-order valence-electron chi connectivity index (χ1n) is 9.61. The van der Waals surface area contributed by atoms with E-state index >= 15 is 0 Å². The van der Waals surface area contributed by atoms with Crippen LogP contribution in [0.5, 0.6) is 5.75 Å². The molecule has 0 saturated carbocycles. The summed E-state index contributed by atoms with van der Waals surface area (Å²) in [5.41, 5.74) is 0.837. The molecule has 2 aromatic rings. The van der Waals surface area contributed by atoms with Crippen molar-refractivity contribution in [1.29, 1.82) is 0 Å². The van der Waals surface area contributed by atoms with Crippen LogP contribution in [0.1, 0.15) is 29.5 Å². The van der Waals surface area contributed by atoms with E-state index in [1.165, 1.54) is 6.26 Å². The third kappa shape index (κ3) is 8.76. The number of guanidine groups is 1. The molecule has 0 aliphatic heterocycles. The van der Waals surface area contributed by atoms with Crippen LogP contribution in [0.15, 0.2) is 52.1 Å². The first kappa shape index (κ1) is 24.8. The van der Waals surface area contributed by atoms with Gasteiger partial charge in [-0.3, -0.25) is 9.79 Å². The first-order chi connectivity index (χ1) is 13.6. The van der Waals surface area contributed by atoms with Crippen molar-refractivity contribution in [3.8, 4) is 5.75 Å². The molecule has 1 heterocycles. The molecule has 0 saturated heterocycles. The van der Waals surface area contributed by atoms with E-state index in [9.17, 15) is 4.79 Å². The number of hydrogen-bond acceptors (Lipinski definition) is 4. The van der Waals surface area contributed by atoms with Gasteiger partial charge in [0.05, 0.1) is 12.8 Å². The summed E-state index contributed by atoms with van der Waals surface area (Å²) in [6.45, 7) is 7.13. The fraction of sp³-hybridized carbons (Fsp3) is 0.429. The molecule has 160 valence electrons. The minimum absolute atomic E-state index is 0. The Labute approximate surface area is 189 Å². The van der Waals surface area contributed by atoms with E-state index in [-0.39, 0.29) is 29.9 Å². The molecule has 0 bridgehead atoms. The number of hydrogen-bond donors (Lipinski definition) is 2. The lowest BCUT2D eigenvalue weighted by molar-refractivity contribution is 0.0925. The Bertz CT molecular complexity index is 749. The highest BCUT2D eigenvalue weighted by atomic mass is 127. The Morgan fingerprint density at radius 2 is 1.97 bits per heavy atom. The zero-order valence-electron chi connectivity index (χ0n) is 17.3. The Hall–Kier alpha value is -2.23. The Morgan fingerprint density at radius 3 is 2.62 bits per heavy atom. The summed E-state index contributed by atoms with van der Waals surface area (Å²) < 4.78 is 10.9. The average Bonchev–Trinajstić information content (AvgIpc) is 3.13. The molecule has 0 unspecified atom stereocenters. The van der Waals surface area contributed by atoms with E-state index in [2.05, 4.69) is 15.6 Å². The minimum atomic E-state index is -0.187. The number of likely N-dealkylation sites (N-methyl/N-ethyl adjacent to an activating group) is 1. The highest BCUT2D eigenvalue weighted by Crippen LogP contribution is 2.08. The molecule has 0 atom stereocenters. The Morgan fingerprint density at radius 1 is 1.21 bits per heavy atom. The fourth-order valence-electron chi connectivity index (χ4n) is 2.54. The highest BCUT2D eigenvalue weighted by Gasteiger charge is 2.11. The van der Waals surface area contributed by atoms with Gasteiger partial charge in [0.25, 0.3) is 5.91 Å². The van der Waals surface area contributed by atoms with Gasteiger partial charge in [-0.05, 0) is 38.5 Å². The maximum absolute atomic E-state index is 12.0. The number of ether oxygens (including phenoxy) is 1. The molecular formula is C21H31IN4O3. The molecule has 1 aromatic heterocycles. The number of aryl methyl sites for hydroxylation is 1. The van der Waals surface area contributed by atoms with Gasteiger partial charge >= 0.3 is 0 Å². The van der Waals surface area contributed by atoms with Crippen LogP contribution in [0, 0.1) is 6.92 Å². The largest absolute Gasteiger partial charge is 0.492 e. The second-order valence-corrected chi connectivity index (χ2v) is 6.36. The summed E-state index contributed by atoms with van der Waals surface area (Å²) in [6, 6.07) is 11.5. The van der Waals surface area contributed by atoms with Gasteiger partial charge < -0.3 is 24.7 Å². The smallest absolute Gasteiger partial charge is 0.287 e. The van der Waals surface area contributed by atoms with Crippen LogP contribution in [-0.4, -0.2) is 56.6 Å². The molecule has 2 N–H and O–H groups in total. The van der Waals surface area contributed by atoms with Crippen molar-refractivity contribution in [3.63, 3.8) is 0 Å². The van der Waals surface area contributed by atoms with Gasteiger partial charge in [0.1, 0.15) is 12.4 Å². The number of carbonyl (C=O) groups is 1. The third-order valence-electron chi connectivity index (χ3n) is 4.09. The summed E-state index contributed by atoms with van der Waals surface area (Å²) in [4.78, 5) is 18.7. The Balaban J connectivity index is 0.00000420. The molecule has 0 aliphatic rings. The minimum Gasteiger partial charge on any atom is -0.492 e. The lowest BCUT2D eigenvalue weighted by Gasteiger charge is -2.22. The van der Waals surface area contributed by atoms with Crippen molar-refractivity contribution in [2.24, 2.45) is 4.99 Å². The SMILES string of the molecule is CCNC(=NCCCNC(=O)c1occc1C)N(C)CCOc1ccccc1.I. The quantitative estimate of drug-likeness (QED) is 0.220. The number of carbonyl (C=O) groups excluding carboxylic acids is 1. The van der Waals surface area contributed by atoms with Crippen molar-refractivity contribution in [2.45, 2.75) is 20.3 Å². The molecule has 1 amide bonds. The van der Waals surface area contributed by atoms with Gasteiger partial charge in [-0.1, -0.05) is 18.2 Å². The van der Waals surface area contributed by atoms with Crippen molar-refractivity contribution >= 4 is 35.8 Å². The average molecular weight is 514 g/mol. The number of furan rings is 1. The van der Waals surface area contributed by atoms with Crippen molar-refractivity contribution < 1.29 is 13.9 Å². The maximum Gasteiger partial charge on any atom is 0.287 e. The van der Waals surface area contributed by atoms with Crippen LogP contribution in [0.3, 0.4) is 0 Å². The van der Waals surface area contributed by atoms with E-state index in [0.29, 0.717) is 25.5 Å². The summed E-state index contributed by atoms with van der Waals surface area (Å²) in [6.07, 6.45) is 2.27. The predicted octanol–water partition coefficient (Wildman–Crippen LogP) is 3.30. The number of nitrogens with zero attached hydrogens (tertiary/aromatic N) is 2. The van der Waals surface area contributed by atoms with Crippen LogP contribution in [0.25, 0.3) is 0 Å². The molecule has 0 radical (unpaired) electrons. The van der Waals surface area contributed by atoms with Crippen LogP contribution in [0.2, 0.25) is 0 Å². The summed E-state index contributed by atoms with van der Waals surface area (Å²) in [5, 5.41) is 6.14. The van der Waals surface area contributed by atoms with Gasteiger partial charge in [0.15, 0.2) is 11.7 Å². The van der Waals surface area contributed by atoms with Crippen molar-refractivity contribution in [3.05, 3.63) is 54.0 Å². The lowest BCUT2D eigenvalue weighted by atomic mass is 10.2. The molecule has 2 rings (SSSR count). The molecule has 29 heavy (non-hydrogen) atoms. The number of rotatable bonds is 10. The first-order valence-corrected chi connectivity index (χ1v) is 9.61. The highest BCUT2D eigenvalue weighted by molar-refractivity contribution is 14.0. The molecule has 7 nitrogen and oxygen atoms in total. The van der Waals surface area contributed by atoms with Gasteiger partial charge in [-0.2, -0.15) is 0 Å². The molecule has 1 aromatic carbocycles. The lowest BCUT2D eigenvalue weighted by Crippen LogP contribution is -2.41. The van der Waals surface area contributed by atoms with Crippen LogP contribution in [0.4, 0.5) is 0 Å². The van der Waals surface area contributed by atoms with E-state index < -0.39 is 0 Å². The summed E-state index contributed by atoms with van der Waals surface area (Å²) >= 11 is 0. The summed E-state index contributed by atoms with van der Waals surface area (Å²) in [5.74, 6) is 1.87. The van der Waals surface area contributed by atoms with E-state index in [1.54, 1.807) is 6.07 Å². The topological polar surface area (TPSA) is 79.1 Å². The van der Waals surface area contributed by atoms with Crippen LogP contribution in [-0.2, 0) is 0 Å². The van der Waals surface area contributed by atoms with Gasteiger partial charge in [0, 0.05) is 32.2 Å². The van der Waals surface area contributed by atoms with E-state index in [4.69, 9.17) is 9.15 Å². The normalized spacial score (nSPS) is 10.8. The van der Waals surface area contributed by atoms with E-state index in [1.807, 2.05) is 56.1 Å². The van der Waals surface area contributed by atoms with Crippen LogP contribution >= 0.6 is 24.0 Å². The van der Waals surface area contributed by atoms with Gasteiger partial charge in [-0.15, -0.1) is 24.0 Å². The van der Waals surface area contributed by atoms with Crippen LogP contribution < -0.4 is 15.4 Å². The third-order valence-corrected chi connectivity index (χ3v) is 4.09. The second-order valence-electron chi connectivity index (χ2n) is 6.36. The number of para-hydroxylation sites is 1. The number of benzene rings is 1. The second kappa shape index (κ2) is 13.9. The van der Waals surface area contributed by atoms with Gasteiger partial charge in [0.2, 0.25) is 0 Å². The fourth-order valence-corrected chi connectivity index (χ4v) is 2.54. The summed E-state index contributed by atoms with van der Waals surface area (Å²) in [7, 11) is 1.98. The van der Waals surface area contributed by atoms with E-state index in [0.717, 1.165) is 36.8 Å². The number of nitrogens with one attached hydrogen (secondary N) is 2. The number of aliphatic imine (C=N–C) groups is 1. The van der Waals surface area contributed by atoms with Crippen molar-refractivity contribution in [2.75, 3.05) is 39.8 Å². The zero-order valence-corrected chi connectivity index (χ0v) is 19.6.